The van der Waals surface area contributed by atoms with Crippen LogP contribution in [0.25, 0.3) is 0 Å². The molecule has 0 unspecified atom stereocenters. The van der Waals surface area contributed by atoms with E-state index >= 15 is 0 Å². The van der Waals surface area contributed by atoms with Crippen LogP contribution in [-0.2, 0) is 11.3 Å². The minimum absolute atomic E-state index is 0.00442. The molecule has 0 aliphatic rings. The molecule has 1 amide bonds. The van der Waals surface area contributed by atoms with Crippen molar-refractivity contribution in [2.45, 2.75) is 6.61 Å². The lowest BCUT2D eigenvalue weighted by molar-refractivity contribution is 0.0692. The van der Waals surface area contributed by atoms with Crippen LogP contribution >= 0.6 is 0 Å². The third-order valence-corrected chi connectivity index (χ3v) is 2.54. The van der Waals surface area contributed by atoms with Gasteiger partial charge in [0.15, 0.2) is 11.5 Å². The van der Waals surface area contributed by atoms with Crippen molar-refractivity contribution >= 4 is 17.6 Å². The smallest absolute Gasteiger partial charge is 0.338 e. The second-order valence-corrected chi connectivity index (χ2v) is 4.07. The highest BCUT2D eigenvalue weighted by molar-refractivity contribution is 6.03. The van der Waals surface area contributed by atoms with Gasteiger partial charge in [-0.15, -0.1) is 0 Å². The lowest BCUT2D eigenvalue weighted by atomic mass is 10.2. The first-order chi connectivity index (χ1) is 10.0. The molecule has 0 aliphatic carbocycles. The van der Waals surface area contributed by atoms with Crippen molar-refractivity contribution in [1.82, 2.24) is 5.16 Å². The van der Waals surface area contributed by atoms with Crippen LogP contribution in [0.3, 0.4) is 0 Å². The van der Waals surface area contributed by atoms with Crippen LogP contribution < -0.4 is 5.32 Å². The molecule has 0 atom stereocenters. The van der Waals surface area contributed by atoms with E-state index in [2.05, 4.69) is 10.5 Å². The van der Waals surface area contributed by atoms with E-state index in [0.29, 0.717) is 5.76 Å². The molecule has 0 saturated carbocycles. The van der Waals surface area contributed by atoms with E-state index in [0.717, 1.165) is 12.1 Å². The highest BCUT2D eigenvalue weighted by Gasteiger charge is 2.15. The summed E-state index contributed by atoms with van der Waals surface area (Å²) in [6.07, 6.45) is 0. The lowest BCUT2D eigenvalue weighted by Crippen LogP contribution is -2.13. The Morgan fingerprint density at radius 2 is 2.19 bits per heavy atom. The lowest BCUT2D eigenvalue weighted by Gasteiger charge is -2.04. The van der Waals surface area contributed by atoms with Crippen LogP contribution in [0.5, 0.6) is 0 Å². The number of anilines is 1. The number of aromatic carboxylic acids is 1. The Hall–Kier alpha value is -2.74. The van der Waals surface area contributed by atoms with Gasteiger partial charge in [-0.1, -0.05) is 5.16 Å². The molecule has 0 saturated heterocycles. The molecule has 0 fully saturated rings. The van der Waals surface area contributed by atoms with Crippen LogP contribution in [0.15, 0.2) is 28.8 Å². The quantitative estimate of drug-likeness (QED) is 0.873. The summed E-state index contributed by atoms with van der Waals surface area (Å²) in [6.45, 7) is 0.169. The molecular weight excluding hydrogens is 283 g/mol. The van der Waals surface area contributed by atoms with Crippen molar-refractivity contribution in [3.8, 4) is 0 Å². The summed E-state index contributed by atoms with van der Waals surface area (Å²) in [7, 11) is 1.47. The summed E-state index contributed by atoms with van der Waals surface area (Å²) >= 11 is 0. The van der Waals surface area contributed by atoms with Gasteiger partial charge in [0, 0.05) is 18.9 Å². The molecule has 7 nitrogen and oxygen atoms in total. The van der Waals surface area contributed by atoms with Gasteiger partial charge < -0.3 is 19.7 Å². The number of benzene rings is 1. The number of carboxylic acid groups (broad SMARTS) is 1. The average molecular weight is 294 g/mol. The number of carboxylic acids is 1. The van der Waals surface area contributed by atoms with Gasteiger partial charge in [-0.3, -0.25) is 4.79 Å². The predicted octanol–water partition coefficient (Wildman–Crippen LogP) is 1.91. The van der Waals surface area contributed by atoms with Crippen molar-refractivity contribution in [3.63, 3.8) is 0 Å². The fraction of sp³-hybridized carbons (Fsp3) is 0.154. The Morgan fingerprint density at radius 3 is 2.81 bits per heavy atom. The fourth-order valence-electron chi connectivity index (χ4n) is 1.59. The topological polar surface area (TPSA) is 102 Å². The highest BCUT2D eigenvalue weighted by Crippen LogP contribution is 2.16. The van der Waals surface area contributed by atoms with Crippen molar-refractivity contribution in [3.05, 3.63) is 47.1 Å². The summed E-state index contributed by atoms with van der Waals surface area (Å²) in [4.78, 5) is 22.5. The third-order valence-electron chi connectivity index (χ3n) is 2.54. The summed E-state index contributed by atoms with van der Waals surface area (Å²) in [5.41, 5.74) is -0.361. The molecule has 2 rings (SSSR count). The maximum absolute atomic E-state index is 13.5. The second kappa shape index (κ2) is 6.14. The van der Waals surface area contributed by atoms with Crippen LogP contribution in [-0.4, -0.2) is 29.2 Å². The van der Waals surface area contributed by atoms with Crippen molar-refractivity contribution in [2.24, 2.45) is 0 Å². The molecule has 0 radical (unpaired) electrons. The zero-order valence-electron chi connectivity index (χ0n) is 10.9. The number of methoxy groups -OCH3 is 1. The van der Waals surface area contributed by atoms with Crippen LogP contribution in [0.4, 0.5) is 10.1 Å². The minimum Gasteiger partial charge on any atom is -0.478 e. The van der Waals surface area contributed by atoms with E-state index in [1.807, 2.05) is 0 Å². The number of nitrogens with zero attached hydrogens (tertiary/aromatic N) is 1. The normalized spacial score (nSPS) is 10.4. The number of amides is 1. The molecule has 1 aromatic carbocycles. The Bertz CT molecular complexity index is 683. The first kappa shape index (κ1) is 14.7. The standard InChI is InChI=1S/C13H11FN2O5/c1-20-6-8-5-11(16-21-8)12(17)15-7-2-3-9(13(18)19)10(14)4-7/h2-5H,6H2,1H3,(H,15,17)(H,18,19). The summed E-state index contributed by atoms with van der Waals surface area (Å²) in [5.74, 6) is -2.56. The van der Waals surface area contributed by atoms with Gasteiger partial charge in [0.25, 0.3) is 5.91 Å². The second-order valence-electron chi connectivity index (χ2n) is 4.07. The van der Waals surface area contributed by atoms with E-state index < -0.39 is 23.3 Å². The zero-order chi connectivity index (χ0) is 15.4. The molecule has 0 spiro atoms. The number of halogens is 1. The highest BCUT2D eigenvalue weighted by atomic mass is 19.1. The summed E-state index contributed by atoms with van der Waals surface area (Å²) < 4.78 is 23.1. The fourth-order valence-corrected chi connectivity index (χ4v) is 1.59. The number of carbonyl (C=O) groups excluding carboxylic acids is 1. The van der Waals surface area contributed by atoms with Gasteiger partial charge in [0.2, 0.25) is 0 Å². The van der Waals surface area contributed by atoms with E-state index in [1.54, 1.807) is 0 Å². The number of ether oxygens (including phenoxy) is 1. The molecule has 2 N–H and O–H groups in total. The molecule has 0 bridgehead atoms. The molecule has 0 aliphatic heterocycles. The molecule has 21 heavy (non-hydrogen) atoms. The van der Waals surface area contributed by atoms with Crippen molar-refractivity contribution in [2.75, 3.05) is 12.4 Å². The predicted molar refractivity (Wildman–Crippen MR) is 68.5 cm³/mol. The van der Waals surface area contributed by atoms with Crippen molar-refractivity contribution in [1.29, 1.82) is 0 Å². The summed E-state index contributed by atoms with van der Waals surface area (Å²) in [5, 5.41) is 14.6. The molecule has 2 aromatic rings. The van der Waals surface area contributed by atoms with Crippen LogP contribution in [0.1, 0.15) is 26.6 Å². The number of carbonyl (C=O) groups is 2. The maximum atomic E-state index is 13.5. The zero-order valence-corrected chi connectivity index (χ0v) is 10.9. The van der Waals surface area contributed by atoms with E-state index in [1.165, 1.54) is 19.2 Å². The van der Waals surface area contributed by atoms with Gasteiger partial charge >= 0.3 is 5.97 Å². The van der Waals surface area contributed by atoms with Crippen molar-refractivity contribution < 1.29 is 28.3 Å². The first-order valence-electron chi connectivity index (χ1n) is 5.80. The molecule has 1 heterocycles. The number of rotatable bonds is 5. The Balaban J connectivity index is 2.11. The molecule has 1 aromatic heterocycles. The Labute approximate surface area is 118 Å². The first-order valence-corrected chi connectivity index (χ1v) is 5.80. The number of hydrogen-bond acceptors (Lipinski definition) is 5. The maximum Gasteiger partial charge on any atom is 0.338 e. The van der Waals surface area contributed by atoms with Gasteiger partial charge in [-0.05, 0) is 18.2 Å². The van der Waals surface area contributed by atoms with Gasteiger partial charge in [-0.2, -0.15) is 0 Å². The number of nitrogens with one attached hydrogen (secondary N) is 1. The largest absolute Gasteiger partial charge is 0.478 e. The van der Waals surface area contributed by atoms with E-state index in [4.69, 9.17) is 14.4 Å². The molecular formula is C13H11FN2O5. The van der Waals surface area contributed by atoms with Crippen LogP contribution in [0.2, 0.25) is 0 Å². The van der Waals surface area contributed by atoms with E-state index in [-0.39, 0.29) is 18.0 Å². The van der Waals surface area contributed by atoms with E-state index in [9.17, 15) is 14.0 Å². The van der Waals surface area contributed by atoms with Gasteiger partial charge in [-0.25, -0.2) is 9.18 Å². The number of aromatic nitrogens is 1. The average Bonchev–Trinajstić information content (AvgIpc) is 2.87. The molecule has 110 valence electrons. The minimum atomic E-state index is -1.38. The Kier molecular flexibility index (Phi) is 4.29. The SMILES string of the molecule is COCc1cc(C(=O)Nc2ccc(C(=O)O)c(F)c2)no1. The van der Waals surface area contributed by atoms with Gasteiger partial charge in [0.05, 0.1) is 5.56 Å². The molecule has 8 heteroatoms. The Morgan fingerprint density at radius 1 is 1.43 bits per heavy atom. The van der Waals surface area contributed by atoms with Gasteiger partial charge in [0.1, 0.15) is 12.4 Å². The summed E-state index contributed by atoms with van der Waals surface area (Å²) in [6, 6.07) is 4.64. The monoisotopic (exact) mass is 294 g/mol. The number of hydrogen-bond donors (Lipinski definition) is 2. The van der Waals surface area contributed by atoms with Crippen LogP contribution in [0, 0.1) is 5.82 Å². The third kappa shape index (κ3) is 3.42.